The Balaban J connectivity index is 2.58. The first kappa shape index (κ1) is 9.88. The molecule has 5 heteroatoms. The maximum absolute atomic E-state index is 9.28. The number of rotatable bonds is 2. The molecule has 0 radical (unpaired) electrons. The van der Waals surface area contributed by atoms with E-state index in [0.717, 1.165) is 0 Å². The first-order valence-electron chi connectivity index (χ1n) is 3.88. The summed E-state index contributed by atoms with van der Waals surface area (Å²) in [5.41, 5.74) is 0. The van der Waals surface area contributed by atoms with Crippen molar-refractivity contribution in [1.29, 1.82) is 0 Å². The number of hydrogen-bond acceptors (Lipinski definition) is 5. The van der Waals surface area contributed by atoms with Crippen LogP contribution in [0.2, 0.25) is 0 Å². The average Bonchev–Trinajstić information content (AvgIpc) is 2.32. The molecule has 0 bridgehead atoms. The van der Waals surface area contributed by atoms with Gasteiger partial charge in [0.25, 0.3) is 0 Å². The summed E-state index contributed by atoms with van der Waals surface area (Å²) in [6.07, 6.45) is -4.65. The molecule has 0 aliphatic carbocycles. The molecule has 2 unspecified atom stereocenters. The highest BCUT2D eigenvalue weighted by molar-refractivity contribution is 4.91. The van der Waals surface area contributed by atoms with Gasteiger partial charge in [0.05, 0.1) is 12.7 Å². The summed E-state index contributed by atoms with van der Waals surface area (Å²) in [7, 11) is 0. The average molecular weight is 178 g/mol. The Morgan fingerprint density at radius 1 is 1.33 bits per heavy atom. The van der Waals surface area contributed by atoms with Gasteiger partial charge in [-0.15, -0.1) is 0 Å². The molecule has 0 aromatic heterocycles. The molecule has 1 fully saturated rings. The number of hydrogen-bond donors (Lipinski definition) is 4. The fourth-order valence-corrected chi connectivity index (χ4v) is 1.30. The molecule has 0 spiro atoms. The van der Waals surface area contributed by atoms with Gasteiger partial charge in [-0.05, 0) is 6.92 Å². The van der Waals surface area contributed by atoms with Crippen LogP contribution in [0, 0.1) is 0 Å². The first-order valence-corrected chi connectivity index (χ1v) is 3.88. The van der Waals surface area contributed by atoms with E-state index in [0.29, 0.717) is 0 Å². The minimum Gasteiger partial charge on any atom is -0.394 e. The molecule has 0 amide bonds. The number of aliphatic hydroxyl groups excluding tert-OH is 4. The maximum Gasteiger partial charge on any atom is 0.115 e. The van der Waals surface area contributed by atoms with Crippen LogP contribution in [0.25, 0.3) is 0 Å². The van der Waals surface area contributed by atoms with Crippen molar-refractivity contribution in [1.82, 2.24) is 0 Å². The van der Waals surface area contributed by atoms with Crippen LogP contribution in [0.4, 0.5) is 0 Å². The van der Waals surface area contributed by atoms with Gasteiger partial charge in [-0.3, -0.25) is 0 Å². The Hall–Kier alpha value is -0.200. The molecule has 5 nitrogen and oxygen atoms in total. The van der Waals surface area contributed by atoms with Crippen LogP contribution in [0.15, 0.2) is 0 Å². The molecular formula is C7H14O5. The summed E-state index contributed by atoms with van der Waals surface area (Å²) in [6, 6.07) is 0. The molecule has 1 rings (SSSR count). The molecule has 1 saturated heterocycles. The summed E-state index contributed by atoms with van der Waals surface area (Å²) in [4.78, 5) is 0. The van der Waals surface area contributed by atoms with Crippen LogP contribution in [0.3, 0.4) is 0 Å². The van der Waals surface area contributed by atoms with Gasteiger partial charge in [0.15, 0.2) is 0 Å². The van der Waals surface area contributed by atoms with Gasteiger partial charge in [-0.2, -0.15) is 0 Å². The van der Waals surface area contributed by atoms with Crippen LogP contribution in [0.1, 0.15) is 6.92 Å². The second-order valence-corrected chi connectivity index (χ2v) is 3.04. The molecule has 4 N–H and O–H groups in total. The number of aliphatic hydroxyl groups is 4. The minimum absolute atomic E-state index is 0.485. The third-order valence-electron chi connectivity index (χ3n) is 2.11. The zero-order valence-electron chi connectivity index (χ0n) is 6.79. The van der Waals surface area contributed by atoms with E-state index >= 15 is 0 Å². The molecule has 0 saturated carbocycles. The normalized spacial score (nSPS) is 44.8. The number of ether oxygens (including phenoxy) is 1. The van der Waals surface area contributed by atoms with Gasteiger partial charge in [0.1, 0.15) is 24.4 Å². The lowest BCUT2D eigenvalue weighted by Gasteiger charge is -2.18. The Kier molecular flexibility index (Phi) is 3.03. The van der Waals surface area contributed by atoms with Gasteiger partial charge in [-0.25, -0.2) is 0 Å². The van der Waals surface area contributed by atoms with Crippen LogP contribution >= 0.6 is 0 Å². The molecule has 1 heterocycles. The van der Waals surface area contributed by atoms with E-state index in [1.54, 1.807) is 6.92 Å². The predicted molar refractivity (Wildman–Crippen MR) is 39.4 cm³/mol. The van der Waals surface area contributed by atoms with Crippen LogP contribution in [-0.4, -0.2) is 57.6 Å². The highest BCUT2D eigenvalue weighted by atomic mass is 16.6. The van der Waals surface area contributed by atoms with Gasteiger partial charge in [0.2, 0.25) is 0 Å². The Morgan fingerprint density at radius 2 is 1.92 bits per heavy atom. The summed E-state index contributed by atoms with van der Waals surface area (Å²) in [5.74, 6) is 0. The van der Waals surface area contributed by atoms with Crippen LogP contribution in [0.5, 0.6) is 0 Å². The lowest BCUT2D eigenvalue weighted by Crippen LogP contribution is -2.40. The lowest BCUT2D eigenvalue weighted by atomic mass is 10.1. The van der Waals surface area contributed by atoms with E-state index < -0.39 is 37.1 Å². The molecule has 1 aliphatic rings. The van der Waals surface area contributed by atoms with Crippen molar-refractivity contribution in [3.63, 3.8) is 0 Å². The predicted octanol–water partition coefficient (Wildman–Crippen LogP) is -2.15. The highest BCUT2D eigenvalue weighted by Gasteiger charge is 2.43. The third-order valence-corrected chi connectivity index (χ3v) is 2.11. The van der Waals surface area contributed by atoms with Gasteiger partial charge in [0, 0.05) is 0 Å². The summed E-state index contributed by atoms with van der Waals surface area (Å²) in [5, 5.41) is 36.2. The maximum atomic E-state index is 9.28. The van der Waals surface area contributed by atoms with Gasteiger partial charge >= 0.3 is 0 Å². The smallest absolute Gasteiger partial charge is 0.115 e. The van der Waals surface area contributed by atoms with Crippen molar-refractivity contribution in [3.8, 4) is 0 Å². The first-order chi connectivity index (χ1) is 5.57. The van der Waals surface area contributed by atoms with Crippen LogP contribution < -0.4 is 0 Å². The van der Waals surface area contributed by atoms with E-state index in [4.69, 9.17) is 14.9 Å². The van der Waals surface area contributed by atoms with E-state index in [-0.39, 0.29) is 0 Å². The second-order valence-electron chi connectivity index (χ2n) is 3.04. The Labute approximate surface area is 70.2 Å². The summed E-state index contributed by atoms with van der Waals surface area (Å²) < 4.78 is 5.03. The third kappa shape index (κ3) is 1.60. The van der Waals surface area contributed by atoms with E-state index in [1.165, 1.54) is 0 Å². The SMILES string of the molecule is C[C@@H]1O[C@H](C(O)CO)[C@@H](O)C1O. The summed E-state index contributed by atoms with van der Waals surface area (Å²) >= 11 is 0. The molecule has 0 aromatic rings. The molecular weight excluding hydrogens is 164 g/mol. The Bertz CT molecular complexity index is 151. The van der Waals surface area contributed by atoms with Crippen molar-refractivity contribution in [3.05, 3.63) is 0 Å². The van der Waals surface area contributed by atoms with E-state index in [1.807, 2.05) is 0 Å². The summed E-state index contributed by atoms with van der Waals surface area (Å²) in [6.45, 7) is 1.11. The zero-order chi connectivity index (χ0) is 9.30. The van der Waals surface area contributed by atoms with Crippen molar-refractivity contribution in [2.24, 2.45) is 0 Å². The molecule has 12 heavy (non-hydrogen) atoms. The standard InChI is InChI=1S/C7H14O5/c1-3-5(10)6(11)7(12-3)4(9)2-8/h3-11H,2H2,1H3/t3-,4?,5?,6-,7+/m0/s1. The fraction of sp³-hybridized carbons (Fsp3) is 1.00. The Morgan fingerprint density at radius 3 is 2.25 bits per heavy atom. The van der Waals surface area contributed by atoms with Crippen molar-refractivity contribution >= 4 is 0 Å². The van der Waals surface area contributed by atoms with E-state index in [2.05, 4.69) is 0 Å². The largest absolute Gasteiger partial charge is 0.394 e. The zero-order valence-corrected chi connectivity index (χ0v) is 6.79. The van der Waals surface area contributed by atoms with Crippen molar-refractivity contribution < 1.29 is 25.2 Å². The second kappa shape index (κ2) is 3.68. The van der Waals surface area contributed by atoms with Crippen LogP contribution in [-0.2, 0) is 4.74 Å². The van der Waals surface area contributed by atoms with E-state index in [9.17, 15) is 10.2 Å². The lowest BCUT2D eigenvalue weighted by molar-refractivity contribution is -0.0786. The quantitative estimate of drug-likeness (QED) is 0.387. The molecule has 0 aromatic carbocycles. The highest BCUT2D eigenvalue weighted by Crippen LogP contribution is 2.22. The molecule has 5 atom stereocenters. The van der Waals surface area contributed by atoms with Crippen molar-refractivity contribution in [2.75, 3.05) is 6.61 Å². The molecule has 1 aliphatic heterocycles. The fourth-order valence-electron chi connectivity index (χ4n) is 1.30. The van der Waals surface area contributed by atoms with Gasteiger partial charge < -0.3 is 25.2 Å². The van der Waals surface area contributed by atoms with Crippen molar-refractivity contribution in [2.45, 2.75) is 37.4 Å². The minimum atomic E-state index is -1.14. The monoisotopic (exact) mass is 178 g/mol. The van der Waals surface area contributed by atoms with Gasteiger partial charge in [-0.1, -0.05) is 0 Å². The topological polar surface area (TPSA) is 90.2 Å². The molecule has 72 valence electrons.